The monoisotopic (exact) mass is 325 g/mol. The highest BCUT2D eigenvalue weighted by Crippen LogP contribution is 2.39. The summed E-state index contributed by atoms with van der Waals surface area (Å²) in [5, 5.41) is 0. The van der Waals surface area contributed by atoms with Crippen molar-refractivity contribution < 1.29 is 17.2 Å². The minimum atomic E-state index is -4.41. The topological polar surface area (TPSA) is 112 Å². The predicted octanol–water partition coefficient (Wildman–Crippen LogP) is 0.560. The molecule has 0 amide bonds. The lowest BCUT2D eigenvalue weighted by molar-refractivity contribution is 0.512. The van der Waals surface area contributed by atoms with Gasteiger partial charge in [0.05, 0.1) is 0 Å². The summed E-state index contributed by atoms with van der Waals surface area (Å²) in [6.45, 7) is 0. The first-order valence-corrected chi connectivity index (χ1v) is 8.45. The first kappa shape index (κ1) is 15.8. The van der Waals surface area contributed by atoms with E-state index < -0.39 is 25.2 Å². The smallest absolute Gasteiger partial charge is 0.249 e. The average Bonchev–Trinajstić information content (AvgIpc) is 2.49. The Balaban J connectivity index is 2.90. The van der Waals surface area contributed by atoms with Crippen molar-refractivity contribution in [3.05, 3.63) is 71.8 Å². The van der Waals surface area contributed by atoms with E-state index in [2.05, 4.69) is 0 Å². The molecule has 0 aromatic heterocycles. The van der Waals surface area contributed by atoms with E-state index in [9.17, 15) is 17.2 Å². The fourth-order valence-electron chi connectivity index (χ4n) is 2.16. The third kappa shape index (κ3) is 2.52. The molecule has 0 spiro atoms. The van der Waals surface area contributed by atoms with Crippen molar-refractivity contribution in [2.45, 2.75) is 4.08 Å². The van der Waals surface area contributed by atoms with E-state index in [0.717, 1.165) is 0 Å². The van der Waals surface area contributed by atoms with Gasteiger partial charge in [0.15, 0.2) is 4.08 Å². The van der Waals surface area contributed by atoms with Crippen LogP contribution in [0.2, 0.25) is 0 Å². The van der Waals surface area contributed by atoms with E-state index in [1.165, 1.54) is 24.3 Å². The van der Waals surface area contributed by atoms with Crippen LogP contribution in [0.15, 0.2) is 60.7 Å². The number of hydrogen-bond acceptors (Lipinski definition) is 5. The van der Waals surface area contributed by atoms with Crippen LogP contribution in [0, 0.1) is 0 Å². The largest absolute Gasteiger partial charge is 0.771 e. The van der Waals surface area contributed by atoms with Crippen LogP contribution < -0.4 is 10.7 Å². The third-order valence-corrected chi connectivity index (χ3v) is 6.62. The van der Waals surface area contributed by atoms with Gasteiger partial charge in [0.25, 0.3) is 0 Å². The summed E-state index contributed by atoms with van der Waals surface area (Å²) in [6, 6.07) is 15.3. The third-order valence-electron chi connectivity index (χ3n) is 3.08. The number of rotatable bonds is 5. The molecule has 2 rings (SSSR count). The molecule has 1 atom stereocenters. The van der Waals surface area contributed by atoms with Crippen LogP contribution in [0.3, 0.4) is 0 Å². The summed E-state index contributed by atoms with van der Waals surface area (Å²) in [5.74, 6) is 5.09. The molecule has 8 heteroatoms. The van der Waals surface area contributed by atoms with Crippen LogP contribution in [-0.2, 0) is 25.2 Å². The fourth-order valence-corrected chi connectivity index (χ4v) is 4.73. The van der Waals surface area contributed by atoms with Gasteiger partial charge in [-0.3, -0.25) is 10.1 Å². The Labute approximate surface area is 125 Å². The maximum absolute atomic E-state index is 12.4. The van der Waals surface area contributed by atoms with Crippen LogP contribution in [0.1, 0.15) is 11.1 Å². The lowest BCUT2D eigenvalue weighted by Gasteiger charge is -2.35. The average molecular weight is 325 g/mol. The molecule has 0 saturated heterocycles. The predicted molar refractivity (Wildman–Crippen MR) is 78.8 cm³/mol. The molecule has 0 radical (unpaired) electrons. The number of nitrogens with one attached hydrogen (secondary N) is 1. The first-order chi connectivity index (χ1) is 9.96. The molecule has 0 aliphatic heterocycles. The Morgan fingerprint density at radius 3 is 1.62 bits per heavy atom. The Morgan fingerprint density at radius 1 is 0.952 bits per heavy atom. The maximum Gasteiger partial charge on any atom is 0.249 e. The summed E-state index contributed by atoms with van der Waals surface area (Å²) < 4.78 is 46.5. The lowest BCUT2D eigenvalue weighted by atomic mass is 10.0. The second kappa shape index (κ2) is 6.04. The zero-order valence-corrected chi connectivity index (χ0v) is 12.4. The summed E-state index contributed by atoms with van der Waals surface area (Å²) in [7, 11) is -4.41. The lowest BCUT2D eigenvalue weighted by Crippen LogP contribution is -2.50. The van der Waals surface area contributed by atoms with Crippen LogP contribution in [0.5, 0.6) is 0 Å². The Kier molecular flexibility index (Phi) is 4.55. The second-order valence-electron chi connectivity index (χ2n) is 4.20. The van der Waals surface area contributed by atoms with Gasteiger partial charge >= 0.3 is 0 Å². The molecule has 2 aromatic carbocycles. The maximum atomic E-state index is 12.4. The van der Waals surface area contributed by atoms with E-state index >= 15 is 0 Å². The zero-order valence-electron chi connectivity index (χ0n) is 10.8. The van der Waals surface area contributed by atoms with Gasteiger partial charge in [0.1, 0.15) is 0 Å². The molecule has 0 saturated carbocycles. The zero-order chi connectivity index (χ0) is 15.5. The molecule has 0 heterocycles. The Morgan fingerprint density at radius 2 is 1.33 bits per heavy atom. The second-order valence-corrected chi connectivity index (χ2v) is 7.40. The van der Waals surface area contributed by atoms with E-state index in [4.69, 9.17) is 5.84 Å². The molecule has 0 bridgehead atoms. The number of hydrogen-bond donors (Lipinski definition) is 2. The molecule has 2 aromatic rings. The molecule has 112 valence electrons. The van der Waals surface area contributed by atoms with Crippen molar-refractivity contribution >= 4 is 21.1 Å². The molecular formula is C13H13N2O4S2-. The molecule has 0 aliphatic rings. The number of hydrazine groups is 1. The molecule has 1 unspecified atom stereocenters. The highest BCUT2D eigenvalue weighted by atomic mass is 32.3. The normalized spacial score (nSPS) is 13.8. The minimum Gasteiger partial charge on any atom is -0.771 e. The van der Waals surface area contributed by atoms with Gasteiger partial charge in [-0.15, -0.1) is 0 Å². The van der Waals surface area contributed by atoms with Crippen molar-refractivity contribution in [2.24, 2.45) is 5.84 Å². The van der Waals surface area contributed by atoms with Crippen molar-refractivity contribution in [1.29, 1.82) is 0 Å². The summed E-state index contributed by atoms with van der Waals surface area (Å²) in [6.07, 6.45) is 0. The highest BCUT2D eigenvalue weighted by molar-refractivity contribution is 8.04. The summed E-state index contributed by atoms with van der Waals surface area (Å²) in [4.78, 5) is 1.64. The van der Waals surface area contributed by atoms with Gasteiger partial charge in [-0.05, 0) is 22.2 Å². The Hall–Kier alpha value is -1.58. The van der Waals surface area contributed by atoms with E-state index in [-0.39, 0.29) is 11.1 Å². The van der Waals surface area contributed by atoms with Crippen LogP contribution >= 0.6 is 0 Å². The van der Waals surface area contributed by atoms with Crippen LogP contribution in [-0.4, -0.2) is 17.2 Å². The van der Waals surface area contributed by atoms with Crippen molar-refractivity contribution in [2.75, 3.05) is 0 Å². The van der Waals surface area contributed by atoms with Gasteiger partial charge in [0.2, 0.25) is 10.0 Å². The molecule has 0 fully saturated rings. The molecular weight excluding hydrogens is 312 g/mol. The summed E-state index contributed by atoms with van der Waals surface area (Å²) >= 11 is -3.01. The highest BCUT2D eigenvalue weighted by Gasteiger charge is 2.48. The van der Waals surface area contributed by atoms with Crippen LogP contribution in [0.25, 0.3) is 0 Å². The van der Waals surface area contributed by atoms with E-state index in [1.54, 1.807) is 41.2 Å². The minimum absolute atomic E-state index is 0.0856. The number of nitrogens with two attached hydrogens (primary N) is 1. The number of sulfonamides is 1. The number of benzene rings is 2. The summed E-state index contributed by atoms with van der Waals surface area (Å²) in [5.41, 5.74) is 0.171. The fraction of sp³-hybridized carbons (Fsp3) is 0.0769. The first-order valence-electron chi connectivity index (χ1n) is 5.89. The molecule has 21 heavy (non-hydrogen) atoms. The quantitative estimate of drug-likeness (QED) is 0.474. The van der Waals surface area contributed by atoms with Crippen molar-refractivity contribution in [3.8, 4) is 0 Å². The van der Waals surface area contributed by atoms with Gasteiger partial charge in [-0.1, -0.05) is 60.7 Å². The molecule has 6 nitrogen and oxygen atoms in total. The van der Waals surface area contributed by atoms with Crippen molar-refractivity contribution in [3.63, 3.8) is 0 Å². The van der Waals surface area contributed by atoms with E-state index in [0.29, 0.717) is 0 Å². The van der Waals surface area contributed by atoms with Gasteiger partial charge in [0, 0.05) is 0 Å². The van der Waals surface area contributed by atoms with Gasteiger partial charge in [-0.2, -0.15) is 4.83 Å². The Bertz CT molecular complexity index is 694. The van der Waals surface area contributed by atoms with Gasteiger partial charge < -0.3 is 4.55 Å². The van der Waals surface area contributed by atoms with Crippen molar-refractivity contribution in [1.82, 2.24) is 4.83 Å². The van der Waals surface area contributed by atoms with E-state index in [1.807, 2.05) is 0 Å². The standard InChI is InChI=1S/C13H14N2O4S2/c14-15-21(18,19)13(20(16)17,11-7-3-1-4-8-11)12-9-5-2-6-10-12/h1-10,15H,14H2,(H,16,17)/p-1. The van der Waals surface area contributed by atoms with Crippen LogP contribution in [0.4, 0.5) is 0 Å². The molecule has 0 aliphatic carbocycles. The van der Waals surface area contributed by atoms with Gasteiger partial charge in [-0.25, -0.2) is 8.42 Å². The molecule has 3 N–H and O–H groups in total. The SMILES string of the molecule is NNS(=O)(=O)C(c1ccccc1)(c1ccccc1)S(=O)[O-].